The first-order valence-corrected chi connectivity index (χ1v) is 15.4. The van der Waals surface area contributed by atoms with Crippen LogP contribution in [0, 0.1) is 0 Å². The van der Waals surface area contributed by atoms with Crippen molar-refractivity contribution in [3.8, 4) is 5.69 Å². The van der Waals surface area contributed by atoms with E-state index < -0.39 is 0 Å². The minimum Gasteiger partial charge on any atom is -0.309 e. The lowest BCUT2D eigenvalue weighted by atomic mass is 10.0. The summed E-state index contributed by atoms with van der Waals surface area (Å²) in [7, 11) is 0. The minimum absolute atomic E-state index is 1.13. The summed E-state index contributed by atoms with van der Waals surface area (Å²) in [6, 6.07) is 57.1. The van der Waals surface area contributed by atoms with E-state index >= 15 is 0 Å². The Morgan fingerprint density at radius 1 is 0.442 bits per heavy atom. The van der Waals surface area contributed by atoms with Gasteiger partial charge in [-0.2, -0.15) is 0 Å². The largest absolute Gasteiger partial charge is 0.309 e. The third kappa shape index (κ3) is 3.72. The van der Waals surface area contributed by atoms with E-state index in [1.807, 2.05) is 11.3 Å². The first-order valence-electron chi connectivity index (χ1n) is 14.6. The second kappa shape index (κ2) is 9.59. The highest BCUT2D eigenvalue weighted by Crippen LogP contribution is 2.45. The van der Waals surface area contributed by atoms with Crippen molar-refractivity contribution in [2.75, 3.05) is 4.90 Å². The van der Waals surface area contributed by atoms with Crippen molar-refractivity contribution in [2.24, 2.45) is 0 Å². The van der Waals surface area contributed by atoms with Gasteiger partial charge in [0.15, 0.2) is 0 Å². The summed E-state index contributed by atoms with van der Waals surface area (Å²) in [5, 5.41) is 7.75. The van der Waals surface area contributed by atoms with E-state index in [-0.39, 0.29) is 0 Å². The highest BCUT2D eigenvalue weighted by atomic mass is 32.1. The number of hydrogen-bond acceptors (Lipinski definition) is 2. The normalized spacial score (nSPS) is 11.7. The van der Waals surface area contributed by atoms with Gasteiger partial charge >= 0.3 is 0 Å². The van der Waals surface area contributed by atoms with Gasteiger partial charge in [-0.25, -0.2) is 0 Å². The molecular weight excluding hydrogens is 541 g/mol. The van der Waals surface area contributed by atoms with Crippen molar-refractivity contribution in [1.29, 1.82) is 0 Å². The van der Waals surface area contributed by atoms with Crippen molar-refractivity contribution in [2.45, 2.75) is 0 Å². The molecule has 0 unspecified atom stereocenters. The molecule has 0 aliphatic carbocycles. The highest BCUT2D eigenvalue weighted by Gasteiger charge is 2.19. The molecular formula is C40H26N2S. The summed E-state index contributed by atoms with van der Waals surface area (Å²) in [5.74, 6) is 0. The number of benzene rings is 7. The van der Waals surface area contributed by atoms with Crippen LogP contribution < -0.4 is 4.90 Å². The molecule has 0 saturated carbocycles. The molecule has 202 valence electrons. The lowest BCUT2D eigenvalue weighted by molar-refractivity contribution is 1.17. The van der Waals surface area contributed by atoms with E-state index in [1.165, 1.54) is 58.4 Å². The zero-order valence-corrected chi connectivity index (χ0v) is 24.1. The Morgan fingerprint density at radius 2 is 1.12 bits per heavy atom. The van der Waals surface area contributed by atoms with Crippen molar-refractivity contribution in [3.63, 3.8) is 0 Å². The summed E-state index contributed by atoms with van der Waals surface area (Å²) in [6.45, 7) is 0. The van der Waals surface area contributed by atoms with Gasteiger partial charge in [0.25, 0.3) is 0 Å². The molecule has 0 radical (unpaired) electrons. The Kier molecular flexibility index (Phi) is 5.40. The first kappa shape index (κ1) is 24.2. The van der Waals surface area contributed by atoms with Gasteiger partial charge in [0.1, 0.15) is 0 Å². The van der Waals surface area contributed by atoms with Crippen molar-refractivity contribution >= 4 is 81.1 Å². The van der Waals surface area contributed by atoms with Gasteiger partial charge in [-0.15, -0.1) is 11.3 Å². The molecule has 0 fully saturated rings. The zero-order valence-electron chi connectivity index (χ0n) is 23.3. The van der Waals surface area contributed by atoms with Crippen molar-refractivity contribution < 1.29 is 0 Å². The van der Waals surface area contributed by atoms with E-state index in [2.05, 4.69) is 167 Å². The molecule has 2 heterocycles. The molecule has 3 heteroatoms. The number of aromatic nitrogens is 1. The monoisotopic (exact) mass is 566 g/mol. The Bertz CT molecular complexity index is 2450. The highest BCUT2D eigenvalue weighted by molar-refractivity contribution is 7.26. The first-order chi connectivity index (χ1) is 21.3. The topological polar surface area (TPSA) is 8.17 Å². The van der Waals surface area contributed by atoms with Crippen LogP contribution in [0.15, 0.2) is 158 Å². The molecule has 2 aromatic heterocycles. The number of rotatable bonds is 4. The fraction of sp³-hybridized carbons (Fsp3) is 0. The lowest BCUT2D eigenvalue weighted by Gasteiger charge is -2.26. The molecule has 0 aliphatic rings. The molecule has 9 aromatic rings. The van der Waals surface area contributed by atoms with Crippen LogP contribution in [-0.2, 0) is 0 Å². The second-order valence-corrected chi connectivity index (χ2v) is 12.0. The second-order valence-electron chi connectivity index (χ2n) is 11.0. The number of thiophene rings is 1. The fourth-order valence-electron chi connectivity index (χ4n) is 6.68. The van der Waals surface area contributed by atoms with Gasteiger partial charge in [-0.1, -0.05) is 97.1 Å². The summed E-state index contributed by atoms with van der Waals surface area (Å²) in [6.07, 6.45) is 0. The van der Waals surface area contributed by atoms with Crippen LogP contribution in [0.4, 0.5) is 17.1 Å². The maximum absolute atomic E-state index is 2.40. The molecule has 0 bridgehead atoms. The smallest absolute Gasteiger partial charge is 0.0640 e. The summed E-state index contributed by atoms with van der Waals surface area (Å²) in [5.41, 5.74) is 7.06. The minimum atomic E-state index is 1.13. The molecule has 0 atom stereocenters. The molecule has 2 nitrogen and oxygen atoms in total. The van der Waals surface area contributed by atoms with Gasteiger partial charge in [-0.05, 0) is 71.4 Å². The van der Waals surface area contributed by atoms with Gasteiger partial charge in [0, 0.05) is 43.3 Å². The van der Waals surface area contributed by atoms with E-state index in [0.717, 1.165) is 17.1 Å². The van der Waals surface area contributed by atoms with Gasteiger partial charge in [0.2, 0.25) is 0 Å². The molecule has 43 heavy (non-hydrogen) atoms. The number of nitrogens with zero attached hydrogens (tertiary/aromatic N) is 2. The molecule has 0 N–H and O–H groups in total. The molecule has 0 spiro atoms. The van der Waals surface area contributed by atoms with Crippen LogP contribution >= 0.6 is 11.3 Å². The molecule has 0 saturated heterocycles. The maximum Gasteiger partial charge on any atom is 0.0640 e. The zero-order chi connectivity index (χ0) is 28.3. The van der Waals surface area contributed by atoms with Crippen LogP contribution in [0.3, 0.4) is 0 Å². The van der Waals surface area contributed by atoms with E-state index in [0.29, 0.717) is 0 Å². The summed E-state index contributed by atoms with van der Waals surface area (Å²) in [4.78, 5) is 2.39. The van der Waals surface area contributed by atoms with Crippen molar-refractivity contribution in [1.82, 2.24) is 4.57 Å². The van der Waals surface area contributed by atoms with Crippen LogP contribution in [0.2, 0.25) is 0 Å². The third-order valence-electron chi connectivity index (χ3n) is 8.57. The fourth-order valence-corrected chi connectivity index (χ4v) is 7.89. The van der Waals surface area contributed by atoms with E-state index in [9.17, 15) is 0 Å². The number of hydrogen-bond donors (Lipinski definition) is 0. The van der Waals surface area contributed by atoms with Gasteiger partial charge in [-0.3, -0.25) is 0 Å². The molecule has 0 aliphatic heterocycles. The average molecular weight is 567 g/mol. The van der Waals surface area contributed by atoms with E-state index in [4.69, 9.17) is 0 Å². The standard InChI is InChI=1S/C40H26N2S/c1-2-12-28(13-3-1)41(37-19-10-17-33-32-15-7-9-20-38(32)43-40(33)37)29-22-24-30(25-23-29)42-35-18-8-6-16-34(35)39-31-14-5-4-11-27(31)21-26-36(39)42/h1-26H. The van der Waals surface area contributed by atoms with Gasteiger partial charge in [0.05, 0.1) is 21.4 Å². The van der Waals surface area contributed by atoms with Crippen LogP contribution in [0.1, 0.15) is 0 Å². The Hall–Kier alpha value is -5.38. The summed E-state index contributed by atoms with van der Waals surface area (Å²) >= 11 is 1.87. The quantitative estimate of drug-likeness (QED) is 0.206. The Morgan fingerprint density at radius 3 is 1.98 bits per heavy atom. The van der Waals surface area contributed by atoms with Crippen LogP contribution in [0.5, 0.6) is 0 Å². The third-order valence-corrected chi connectivity index (χ3v) is 9.78. The number of fused-ring (bicyclic) bond motifs is 8. The average Bonchev–Trinajstić information content (AvgIpc) is 3.63. The molecule has 7 aromatic carbocycles. The Balaban J connectivity index is 1.25. The molecule has 9 rings (SSSR count). The summed E-state index contributed by atoms with van der Waals surface area (Å²) < 4.78 is 5.01. The predicted molar refractivity (Wildman–Crippen MR) is 186 cm³/mol. The number of anilines is 3. The lowest BCUT2D eigenvalue weighted by Crippen LogP contribution is -2.10. The van der Waals surface area contributed by atoms with Crippen LogP contribution in [-0.4, -0.2) is 4.57 Å². The predicted octanol–water partition coefficient (Wildman–Crippen LogP) is 11.8. The SMILES string of the molecule is c1ccc(N(c2ccc(-n3c4ccccc4c4c5ccccc5ccc43)cc2)c2cccc3c2sc2ccccc23)cc1. The number of para-hydroxylation sites is 2. The van der Waals surface area contributed by atoms with Crippen LogP contribution in [0.25, 0.3) is 58.4 Å². The van der Waals surface area contributed by atoms with E-state index in [1.54, 1.807) is 0 Å². The maximum atomic E-state index is 2.40. The molecule has 0 amide bonds. The Labute approximate surface area is 253 Å². The van der Waals surface area contributed by atoms with Crippen molar-refractivity contribution in [3.05, 3.63) is 158 Å². The van der Waals surface area contributed by atoms with Gasteiger partial charge < -0.3 is 9.47 Å².